The Bertz CT molecular complexity index is 576. The Balaban J connectivity index is 1.82. The number of aryl methyl sites for hydroxylation is 1. The van der Waals surface area contributed by atoms with E-state index in [2.05, 4.69) is 27.5 Å². The average molecular weight is 289 g/mol. The maximum atomic E-state index is 5.55. The molecule has 0 saturated heterocycles. The minimum absolute atomic E-state index is 0.317. The largest absolute Gasteiger partial charge is 0.339 e. The first-order valence-electron chi connectivity index (χ1n) is 7.85. The van der Waals surface area contributed by atoms with Crippen molar-refractivity contribution >= 4 is 0 Å². The molecule has 0 radical (unpaired) electrons. The summed E-state index contributed by atoms with van der Waals surface area (Å²) in [7, 11) is 1.89. The summed E-state index contributed by atoms with van der Waals surface area (Å²) >= 11 is 0. The second kappa shape index (κ2) is 6.39. The van der Waals surface area contributed by atoms with Crippen LogP contribution in [0, 0.1) is 0 Å². The van der Waals surface area contributed by atoms with Crippen LogP contribution >= 0.6 is 0 Å². The lowest BCUT2D eigenvalue weighted by atomic mass is 9.94. The smallest absolute Gasteiger partial charge is 0.231 e. The molecular formula is C15H23N5O. The molecule has 21 heavy (non-hydrogen) atoms. The SMILES string of the molecule is CCNC1CCCCCC1c1nc(-c2ccn(C)n2)no1. The molecule has 1 aliphatic rings. The molecular weight excluding hydrogens is 266 g/mol. The molecule has 2 aromatic rings. The molecule has 0 spiro atoms. The van der Waals surface area contributed by atoms with Gasteiger partial charge in [0.2, 0.25) is 11.7 Å². The van der Waals surface area contributed by atoms with Crippen molar-refractivity contribution in [2.75, 3.05) is 6.54 Å². The third-order valence-corrected chi connectivity index (χ3v) is 4.18. The lowest BCUT2D eigenvalue weighted by Crippen LogP contribution is -2.34. The van der Waals surface area contributed by atoms with Crippen LogP contribution in [-0.2, 0) is 7.05 Å². The molecule has 0 aromatic carbocycles. The second-order valence-corrected chi connectivity index (χ2v) is 5.74. The fraction of sp³-hybridized carbons (Fsp3) is 0.667. The fourth-order valence-electron chi connectivity index (χ4n) is 3.13. The zero-order chi connectivity index (χ0) is 14.7. The highest BCUT2D eigenvalue weighted by Gasteiger charge is 2.29. The van der Waals surface area contributed by atoms with Crippen LogP contribution in [0.5, 0.6) is 0 Å². The predicted octanol–water partition coefficient (Wildman–Crippen LogP) is 2.50. The summed E-state index contributed by atoms with van der Waals surface area (Å²) in [6.07, 6.45) is 7.97. The van der Waals surface area contributed by atoms with Crippen LogP contribution in [0.15, 0.2) is 16.8 Å². The second-order valence-electron chi connectivity index (χ2n) is 5.74. The van der Waals surface area contributed by atoms with E-state index in [-0.39, 0.29) is 0 Å². The summed E-state index contributed by atoms with van der Waals surface area (Å²) < 4.78 is 7.30. The van der Waals surface area contributed by atoms with E-state index in [1.165, 1.54) is 25.7 Å². The molecule has 6 heteroatoms. The first-order chi connectivity index (χ1) is 10.3. The van der Waals surface area contributed by atoms with Gasteiger partial charge in [0.25, 0.3) is 0 Å². The Kier molecular flexibility index (Phi) is 4.34. The molecule has 1 N–H and O–H groups in total. The Morgan fingerprint density at radius 1 is 1.33 bits per heavy atom. The number of rotatable bonds is 4. The minimum atomic E-state index is 0.317. The molecule has 1 saturated carbocycles. The third-order valence-electron chi connectivity index (χ3n) is 4.18. The molecule has 114 valence electrons. The highest BCUT2D eigenvalue weighted by atomic mass is 16.5. The van der Waals surface area contributed by atoms with E-state index in [4.69, 9.17) is 4.52 Å². The Labute approximate surface area is 124 Å². The van der Waals surface area contributed by atoms with Crippen LogP contribution in [0.25, 0.3) is 11.5 Å². The summed E-state index contributed by atoms with van der Waals surface area (Å²) in [5.74, 6) is 1.66. The van der Waals surface area contributed by atoms with Crippen LogP contribution < -0.4 is 5.32 Å². The van der Waals surface area contributed by atoms with Crippen molar-refractivity contribution in [2.24, 2.45) is 7.05 Å². The van der Waals surface area contributed by atoms with E-state index in [1.807, 2.05) is 19.3 Å². The van der Waals surface area contributed by atoms with Crippen LogP contribution in [0.2, 0.25) is 0 Å². The van der Waals surface area contributed by atoms with Crippen LogP contribution in [0.1, 0.15) is 50.8 Å². The molecule has 1 fully saturated rings. The van der Waals surface area contributed by atoms with Gasteiger partial charge >= 0.3 is 0 Å². The lowest BCUT2D eigenvalue weighted by molar-refractivity contribution is 0.306. The Morgan fingerprint density at radius 3 is 2.95 bits per heavy atom. The molecule has 2 heterocycles. The average Bonchev–Trinajstić information content (AvgIpc) is 3.05. The predicted molar refractivity (Wildman–Crippen MR) is 79.8 cm³/mol. The monoisotopic (exact) mass is 289 g/mol. The number of nitrogens with one attached hydrogen (secondary N) is 1. The molecule has 0 amide bonds. The number of hydrogen-bond donors (Lipinski definition) is 1. The van der Waals surface area contributed by atoms with E-state index in [0.717, 1.165) is 24.6 Å². The zero-order valence-corrected chi connectivity index (χ0v) is 12.7. The molecule has 3 rings (SSSR count). The van der Waals surface area contributed by atoms with Gasteiger partial charge in [0.05, 0.1) is 5.92 Å². The molecule has 2 unspecified atom stereocenters. The summed E-state index contributed by atoms with van der Waals surface area (Å²) in [5, 5.41) is 12.0. The highest BCUT2D eigenvalue weighted by Crippen LogP contribution is 2.32. The maximum Gasteiger partial charge on any atom is 0.231 e. The van der Waals surface area contributed by atoms with Crippen molar-refractivity contribution in [2.45, 2.75) is 51.0 Å². The first-order valence-corrected chi connectivity index (χ1v) is 7.85. The van der Waals surface area contributed by atoms with Crippen LogP contribution in [0.4, 0.5) is 0 Å². The van der Waals surface area contributed by atoms with E-state index in [0.29, 0.717) is 17.8 Å². The summed E-state index contributed by atoms with van der Waals surface area (Å²) in [6.45, 7) is 3.12. The maximum absolute atomic E-state index is 5.55. The van der Waals surface area contributed by atoms with E-state index in [9.17, 15) is 0 Å². The quantitative estimate of drug-likeness (QED) is 0.876. The molecule has 1 aliphatic carbocycles. The van der Waals surface area contributed by atoms with Gasteiger partial charge in [0, 0.05) is 19.3 Å². The van der Waals surface area contributed by atoms with Crippen molar-refractivity contribution in [3.63, 3.8) is 0 Å². The van der Waals surface area contributed by atoms with Crippen molar-refractivity contribution < 1.29 is 4.52 Å². The van der Waals surface area contributed by atoms with Gasteiger partial charge in [0.1, 0.15) is 5.69 Å². The molecule has 0 aliphatic heterocycles. The van der Waals surface area contributed by atoms with Crippen molar-refractivity contribution in [1.82, 2.24) is 25.2 Å². The van der Waals surface area contributed by atoms with Gasteiger partial charge < -0.3 is 9.84 Å². The lowest BCUT2D eigenvalue weighted by Gasteiger charge is -2.22. The van der Waals surface area contributed by atoms with Gasteiger partial charge in [-0.15, -0.1) is 0 Å². The van der Waals surface area contributed by atoms with E-state index in [1.54, 1.807) is 4.68 Å². The van der Waals surface area contributed by atoms with Crippen molar-refractivity contribution in [3.8, 4) is 11.5 Å². The number of aromatic nitrogens is 4. The normalized spacial score (nSPS) is 23.1. The van der Waals surface area contributed by atoms with Gasteiger partial charge in [-0.1, -0.05) is 31.3 Å². The number of nitrogens with zero attached hydrogens (tertiary/aromatic N) is 4. The fourth-order valence-corrected chi connectivity index (χ4v) is 3.13. The number of likely N-dealkylation sites (N-methyl/N-ethyl adjacent to an activating group) is 1. The summed E-state index contributed by atoms with van der Waals surface area (Å²) in [6, 6.07) is 2.35. The topological polar surface area (TPSA) is 68.8 Å². The zero-order valence-electron chi connectivity index (χ0n) is 12.7. The molecule has 2 atom stereocenters. The summed E-state index contributed by atoms with van der Waals surface area (Å²) in [5.41, 5.74) is 0.765. The first kappa shape index (κ1) is 14.3. The van der Waals surface area contributed by atoms with E-state index < -0.39 is 0 Å². The third kappa shape index (κ3) is 3.15. The Hall–Kier alpha value is -1.69. The van der Waals surface area contributed by atoms with Crippen molar-refractivity contribution in [1.29, 1.82) is 0 Å². The van der Waals surface area contributed by atoms with Crippen molar-refractivity contribution in [3.05, 3.63) is 18.2 Å². The number of hydrogen-bond acceptors (Lipinski definition) is 5. The Morgan fingerprint density at radius 2 is 2.19 bits per heavy atom. The minimum Gasteiger partial charge on any atom is -0.339 e. The van der Waals surface area contributed by atoms with Gasteiger partial charge in [0.15, 0.2) is 0 Å². The van der Waals surface area contributed by atoms with Gasteiger partial charge in [-0.2, -0.15) is 10.1 Å². The van der Waals surface area contributed by atoms with E-state index >= 15 is 0 Å². The van der Waals surface area contributed by atoms with Gasteiger partial charge in [-0.05, 0) is 25.5 Å². The van der Waals surface area contributed by atoms with Crippen LogP contribution in [-0.4, -0.2) is 32.5 Å². The highest BCUT2D eigenvalue weighted by molar-refractivity contribution is 5.46. The molecule has 2 aromatic heterocycles. The molecule has 6 nitrogen and oxygen atoms in total. The van der Waals surface area contributed by atoms with Gasteiger partial charge in [-0.3, -0.25) is 4.68 Å². The summed E-state index contributed by atoms with van der Waals surface area (Å²) in [4.78, 5) is 4.60. The standard InChI is InChI=1S/C15H23N5O/c1-3-16-12-8-6-4-5-7-11(12)15-17-14(19-21-15)13-9-10-20(2)18-13/h9-12,16H,3-8H2,1-2H3. The van der Waals surface area contributed by atoms with Crippen LogP contribution in [0.3, 0.4) is 0 Å². The molecule has 0 bridgehead atoms. The van der Waals surface area contributed by atoms with Gasteiger partial charge in [-0.25, -0.2) is 0 Å².